The predicted molar refractivity (Wildman–Crippen MR) is 107 cm³/mol. The van der Waals surface area contributed by atoms with Gasteiger partial charge < -0.3 is 4.74 Å². The number of nitrogens with zero attached hydrogens (tertiary/aromatic N) is 4. The molecule has 1 aliphatic rings. The summed E-state index contributed by atoms with van der Waals surface area (Å²) in [7, 11) is 1.68. The molecule has 3 aromatic rings. The van der Waals surface area contributed by atoms with Crippen LogP contribution >= 0.6 is 0 Å². The van der Waals surface area contributed by atoms with Gasteiger partial charge in [-0.15, -0.1) is 0 Å². The van der Waals surface area contributed by atoms with Crippen molar-refractivity contribution in [2.75, 3.05) is 20.2 Å². The van der Waals surface area contributed by atoms with Crippen LogP contribution < -0.4 is 4.74 Å². The average Bonchev–Trinajstić information content (AvgIpc) is 3.18. The van der Waals surface area contributed by atoms with E-state index >= 15 is 0 Å². The molecule has 1 saturated heterocycles. The van der Waals surface area contributed by atoms with Crippen LogP contribution in [0.1, 0.15) is 30.4 Å². The Bertz CT molecular complexity index is 849. The Hall–Kier alpha value is -2.66. The van der Waals surface area contributed by atoms with Gasteiger partial charge >= 0.3 is 0 Å². The van der Waals surface area contributed by atoms with Crippen molar-refractivity contribution in [3.05, 3.63) is 66.1 Å². The van der Waals surface area contributed by atoms with Gasteiger partial charge in [-0.1, -0.05) is 24.6 Å². The minimum absolute atomic E-state index is 0.733. The largest absolute Gasteiger partial charge is 0.497 e. The van der Waals surface area contributed by atoms with Crippen LogP contribution in [0.2, 0.25) is 0 Å². The Morgan fingerprint density at radius 1 is 0.889 bits per heavy atom. The normalized spacial score (nSPS) is 15.0. The van der Waals surface area contributed by atoms with Crippen LogP contribution in [-0.2, 0) is 13.1 Å². The fourth-order valence-electron chi connectivity index (χ4n) is 3.56. The molecule has 140 valence electrons. The molecular weight excluding hydrogens is 336 g/mol. The molecule has 2 aromatic heterocycles. The first-order chi connectivity index (χ1) is 13.3. The van der Waals surface area contributed by atoms with Crippen LogP contribution in [0.25, 0.3) is 11.3 Å². The maximum atomic E-state index is 5.21. The number of hydrogen-bond acceptors (Lipinski definition) is 4. The van der Waals surface area contributed by atoms with Crippen molar-refractivity contribution in [1.29, 1.82) is 0 Å². The van der Waals surface area contributed by atoms with Crippen LogP contribution in [0, 0.1) is 0 Å². The van der Waals surface area contributed by atoms with Gasteiger partial charge in [-0.3, -0.25) is 14.6 Å². The monoisotopic (exact) mass is 362 g/mol. The van der Waals surface area contributed by atoms with E-state index in [1.165, 1.54) is 43.5 Å². The summed E-state index contributed by atoms with van der Waals surface area (Å²) in [5, 5.41) is 4.48. The molecule has 0 spiro atoms. The van der Waals surface area contributed by atoms with E-state index in [9.17, 15) is 0 Å². The van der Waals surface area contributed by atoms with Crippen molar-refractivity contribution in [2.45, 2.75) is 32.4 Å². The molecule has 1 aromatic carbocycles. The molecule has 1 aliphatic heterocycles. The number of hydrogen-bond donors (Lipinski definition) is 0. The van der Waals surface area contributed by atoms with E-state index in [4.69, 9.17) is 4.74 Å². The van der Waals surface area contributed by atoms with Crippen molar-refractivity contribution in [1.82, 2.24) is 19.7 Å². The molecule has 0 aliphatic carbocycles. The third-order valence-electron chi connectivity index (χ3n) is 5.11. The highest BCUT2D eigenvalue weighted by atomic mass is 16.5. The number of ether oxygens (including phenoxy) is 1. The van der Waals surface area contributed by atoms with Crippen molar-refractivity contribution in [3.63, 3.8) is 0 Å². The van der Waals surface area contributed by atoms with E-state index in [1.807, 2.05) is 29.2 Å². The zero-order valence-corrected chi connectivity index (χ0v) is 15.8. The molecule has 0 radical (unpaired) electrons. The number of rotatable bonds is 6. The highest BCUT2D eigenvalue weighted by Crippen LogP contribution is 2.19. The van der Waals surface area contributed by atoms with Gasteiger partial charge in [0.25, 0.3) is 0 Å². The summed E-state index contributed by atoms with van der Waals surface area (Å²) in [5.41, 5.74) is 4.49. The quantitative estimate of drug-likeness (QED) is 0.665. The third kappa shape index (κ3) is 4.55. The van der Waals surface area contributed by atoms with Gasteiger partial charge in [-0.05, 0) is 55.3 Å². The highest BCUT2D eigenvalue weighted by molar-refractivity contribution is 5.56. The molecule has 3 heterocycles. The van der Waals surface area contributed by atoms with E-state index in [-0.39, 0.29) is 0 Å². The minimum atomic E-state index is 0.733. The van der Waals surface area contributed by atoms with E-state index in [0.717, 1.165) is 30.1 Å². The summed E-state index contributed by atoms with van der Waals surface area (Å²) in [5.74, 6) is 0.869. The summed E-state index contributed by atoms with van der Waals surface area (Å²) in [6.45, 7) is 4.15. The Morgan fingerprint density at radius 3 is 2.37 bits per heavy atom. The van der Waals surface area contributed by atoms with E-state index in [2.05, 4.69) is 45.4 Å². The second-order valence-electron chi connectivity index (χ2n) is 7.16. The van der Waals surface area contributed by atoms with Gasteiger partial charge in [0.15, 0.2) is 0 Å². The number of benzene rings is 1. The second-order valence-corrected chi connectivity index (χ2v) is 7.16. The maximum Gasteiger partial charge on any atom is 0.118 e. The van der Waals surface area contributed by atoms with Crippen LogP contribution in [-0.4, -0.2) is 39.9 Å². The van der Waals surface area contributed by atoms with Crippen LogP contribution in [0.3, 0.4) is 0 Å². The zero-order chi connectivity index (χ0) is 18.5. The number of likely N-dealkylation sites (tertiary alicyclic amines) is 1. The zero-order valence-electron chi connectivity index (χ0n) is 15.8. The molecule has 0 N–H and O–H groups in total. The fraction of sp³-hybridized carbons (Fsp3) is 0.364. The Morgan fingerprint density at radius 2 is 1.67 bits per heavy atom. The molecule has 0 amide bonds. The smallest absolute Gasteiger partial charge is 0.118 e. The Balaban J connectivity index is 1.39. The third-order valence-corrected chi connectivity index (χ3v) is 5.11. The van der Waals surface area contributed by atoms with E-state index in [1.54, 1.807) is 7.11 Å². The number of piperidine rings is 1. The molecule has 1 fully saturated rings. The van der Waals surface area contributed by atoms with Crippen LogP contribution in [0.15, 0.2) is 55.0 Å². The molecule has 0 saturated carbocycles. The summed E-state index contributed by atoms with van der Waals surface area (Å²) in [6, 6.07) is 12.4. The number of aromatic nitrogens is 3. The van der Waals surface area contributed by atoms with Crippen molar-refractivity contribution in [2.24, 2.45) is 0 Å². The lowest BCUT2D eigenvalue weighted by Gasteiger charge is -2.26. The predicted octanol–water partition coefficient (Wildman–Crippen LogP) is 3.99. The molecule has 0 atom stereocenters. The van der Waals surface area contributed by atoms with E-state index < -0.39 is 0 Å². The van der Waals surface area contributed by atoms with E-state index in [0.29, 0.717) is 0 Å². The summed E-state index contributed by atoms with van der Waals surface area (Å²) < 4.78 is 7.15. The lowest BCUT2D eigenvalue weighted by atomic mass is 10.1. The van der Waals surface area contributed by atoms with Gasteiger partial charge in [0.2, 0.25) is 0 Å². The first kappa shape index (κ1) is 17.7. The SMILES string of the molecule is COc1ccc(Cn2cc(-c3ccc(CN4CCCCC4)cn3)cn2)cc1. The second kappa shape index (κ2) is 8.35. The molecule has 5 nitrogen and oxygen atoms in total. The molecule has 5 heteroatoms. The lowest BCUT2D eigenvalue weighted by molar-refractivity contribution is 0.220. The van der Waals surface area contributed by atoms with Crippen molar-refractivity contribution in [3.8, 4) is 17.0 Å². The van der Waals surface area contributed by atoms with Gasteiger partial charge in [-0.25, -0.2) is 0 Å². The fourth-order valence-corrected chi connectivity index (χ4v) is 3.56. The lowest BCUT2D eigenvalue weighted by Crippen LogP contribution is -2.29. The summed E-state index contributed by atoms with van der Waals surface area (Å²) >= 11 is 0. The minimum Gasteiger partial charge on any atom is -0.497 e. The molecule has 0 unspecified atom stereocenters. The van der Waals surface area contributed by atoms with Crippen molar-refractivity contribution >= 4 is 0 Å². The highest BCUT2D eigenvalue weighted by Gasteiger charge is 2.11. The van der Waals surface area contributed by atoms with Crippen molar-refractivity contribution < 1.29 is 4.74 Å². The molecule has 4 rings (SSSR count). The standard InChI is InChI=1S/C22H26N4O/c1-27-21-8-5-18(6-9-21)16-26-17-20(14-24-26)22-10-7-19(13-23-22)15-25-11-3-2-4-12-25/h5-10,13-14,17H,2-4,11-12,15-16H2,1H3. The molecule has 27 heavy (non-hydrogen) atoms. The van der Waals surface area contributed by atoms with Gasteiger partial charge in [-0.2, -0.15) is 5.10 Å². The molecule has 0 bridgehead atoms. The van der Waals surface area contributed by atoms with Crippen LogP contribution in [0.4, 0.5) is 0 Å². The summed E-state index contributed by atoms with van der Waals surface area (Å²) in [6.07, 6.45) is 9.95. The van der Waals surface area contributed by atoms with Gasteiger partial charge in [0.1, 0.15) is 5.75 Å². The first-order valence-electron chi connectivity index (χ1n) is 9.63. The number of pyridine rings is 1. The number of methoxy groups -OCH3 is 1. The topological polar surface area (TPSA) is 43.2 Å². The van der Waals surface area contributed by atoms with Gasteiger partial charge in [0, 0.05) is 24.5 Å². The average molecular weight is 362 g/mol. The Kier molecular flexibility index (Phi) is 5.49. The Labute approximate surface area is 160 Å². The summed E-state index contributed by atoms with van der Waals surface area (Å²) in [4.78, 5) is 7.18. The first-order valence-corrected chi connectivity index (χ1v) is 9.63. The van der Waals surface area contributed by atoms with Crippen LogP contribution in [0.5, 0.6) is 5.75 Å². The maximum absolute atomic E-state index is 5.21. The molecular formula is C22H26N4O. The van der Waals surface area contributed by atoms with Gasteiger partial charge in [0.05, 0.1) is 25.5 Å².